The molecule has 0 fully saturated rings. The van der Waals surface area contributed by atoms with E-state index in [1.807, 2.05) is 31.2 Å². The largest absolute Gasteiger partial charge is 0.351 e. The van der Waals surface area contributed by atoms with Gasteiger partial charge in [0.1, 0.15) is 5.01 Å². The summed E-state index contributed by atoms with van der Waals surface area (Å²) >= 11 is 11.0. The van der Waals surface area contributed by atoms with Crippen LogP contribution in [0.5, 0.6) is 0 Å². The highest BCUT2D eigenvalue weighted by molar-refractivity contribution is 7.99. The van der Waals surface area contributed by atoms with Gasteiger partial charge in [0, 0.05) is 33.6 Å². The zero-order chi connectivity index (χ0) is 17.6. The topological polar surface area (TPSA) is 42.0 Å². The smallest absolute Gasteiger partial charge is 0.233 e. The fourth-order valence-corrected chi connectivity index (χ4v) is 4.79. The quantitative estimate of drug-likeness (QED) is 0.564. The summed E-state index contributed by atoms with van der Waals surface area (Å²) < 4.78 is 0. The third kappa shape index (κ3) is 5.07. The summed E-state index contributed by atoms with van der Waals surface area (Å²) in [6, 6.07) is 9.62. The number of rotatable bonds is 7. The van der Waals surface area contributed by atoms with E-state index in [2.05, 4.69) is 32.5 Å². The maximum absolute atomic E-state index is 12.2. The Kier molecular flexibility index (Phi) is 6.53. The van der Waals surface area contributed by atoms with E-state index in [-0.39, 0.29) is 11.2 Å². The molecule has 3 rings (SSSR count). The van der Waals surface area contributed by atoms with Crippen molar-refractivity contribution < 1.29 is 4.79 Å². The van der Waals surface area contributed by atoms with E-state index in [1.54, 1.807) is 34.4 Å². The van der Waals surface area contributed by atoms with Gasteiger partial charge in [0.15, 0.2) is 0 Å². The Balaban J connectivity index is 1.48. The molecule has 7 heteroatoms. The number of thiophene rings is 1. The second-order valence-electron chi connectivity index (χ2n) is 5.42. The van der Waals surface area contributed by atoms with Crippen LogP contribution in [0.15, 0.2) is 46.5 Å². The molecule has 0 aliphatic carbocycles. The molecule has 0 aliphatic rings. The summed E-state index contributed by atoms with van der Waals surface area (Å²) in [5, 5.41) is 10.7. The molecular weight excluding hydrogens is 392 g/mol. The van der Waals surface area contributed by atoms with Gasteiger partial charge in [0.05, 0.1) is 10.9 Å². The van der Waals surface area contributed by atoms with Gasteiger partial charge in [-0.3, -0.25) is 4.79 Å². The summed E-state index contributed by atoms with van der Waals surface area (Å²) in [4.78, 5) is 16.9. The van der Waals surface area contributed by atoms with Crippen molar-refractivity contribution in [1.82, 2.24) is 10.3 Å². The van der Waals surface area contributed by atoms with Crippen LogP contribution in [0.3, 0.4) is 0 Å². The first-order valence-corrected chi connectivity index (χ1v) is 11.0. The van der Waals surface area contributed by atoms with Gasteiger partial charge < -0.3 is 5.32 Å². The molecule has 1 amide bonds. The number of carbonyl (C=O) groups excluding carboxylic acids is 1. The van der Waals surface area contributed by atoms with Crippen LogP contribution in [0.2, 0.25) is 5.02 Å². The Hall–Kier alpha value is -1.34. The van der Waals surface area contributed by atoms with Crippen LogP contribution in [0.1, 0.15) is 18.2 Å². The fraction of sp³-hybridized carbons (Fsp3) is 0.222. The molecule has 2 heterocycles. The van der Waals surface area contributed by atoms with Crippen molar-refractivity contribution in [3.05, 3.63) is 62.8 Å². The standard InChI is InChI=1S/C18H17ClN2OS3/c1-12(17(22)20-8-13-4-2-3-5-16(13)19)24-10-15-11-25-18(21-15)14-6-7-23-9-14/h2-7,9,11-12H,8,10H2,1H3,(H,20,22)/t12-/m0/s1. The normalized spacial score (nSPS) is 12.1. The van der Waals surface area contributed by atoms with Crippen LogP contribution in [0.4, 0.5) is 0 Å². The predicted octanol–water partition coefficient (Wildman–Crippen LogP) is 5.46. The zero-order valence-electron chi connectivity index (χ0n) is 13.6. The minimum Gasteiger partial charge on any atom is -0.351 e. The van der Waals surface area contributed by atoms with Gasteiger partial charge in [-0.05, 0) is 30.0 Å². The van der Waals surface area contributed by atoms with Crippen LogP contribution in [-0.2, 0) is 17.1 Å². The maximum atomic E-state index is 12.2. The molecule has 1 atom stereocenters. The number of aromatic nitrogens is 1. The number of thioether (sulfide) groups is 1. The van der Waals surface area contributed by atoms with Crippen LogP contribution < -0.4 is 5.32 Å². The second-order valence-corrected chi connectivity index (χ2v) is 8.79. The molecule has 25 heavy (non-hydrogen) atoms. The lowest BCUT2D eigenvalue weighted by atomic mass is 10.2. The number of benzene rings is 1. The van der Waals surface area contributed by atoms with Gasteiger partial charge in [0.25, 0.3) is 0 Å². The average Bonchev–Trinajstić information content (AvgIpc) is 3.29. The minimum atomic E-state index is -0.145. The van der Waals surface area contributed by atoms with Crippen LogP contribution >= 0.6 is 46.0 Å². The number of nitrogens with zero attached hydrogens (tertiary/aromatic N) is 1. The Bertz CT molecular complexity index is 832. The van der Waals surface area contributed by atoms with E-state index in [1.165, 1.54) is 0 Å². The van der Waals surface area contributed by atoms with Gasteiger partial charge in [-0.1, -0.05) is 29.8 Å². The molecule has 0 spiro atoms. The summed E-state index contributed by atoms with van der Waals surface area (Å²) in [5.41, 5.74) is 3.10. The first-order chi connectivity index (χ1) is 12.1. The Morgan fingerprint density at radius 1 is 1.32 bits per heavy atom. The van der Waals surface area contributed by atoms with E-state index >= 15 is 0 Å². The number of nitrogens with one attached hydrogen (secondary N) is 1. The molecule has 0 bridgehead atoms. The number of halogens is 1. The number of thiazole rings is 1. The highest BCUT2D eigenvalue weighted by atomic mass is 35.5. The monoisotopic (exact) mass is 408 g/mol. The van der Waals surface area contributed by atoms with Gasteiger partial charge >= 0.3 is 0 Å². The highest BCUT2D eigenvalue weighted by Crippen LogP contribution is 2.28. The summed E-state index contributed by atoms with van der Waals surface area (Å²) in [5.74, 6) is 0.736. The Morgan fingerprint density at radius 2 is 2.16 bits per heavy atom. The van der Waals surface area contributed by atoms with Crippen molar-refractivity contribution in [2.45, 2.75) is 24.5 Å². The van der Waals surface area contributed by atoms with E-state index in [9.17, 15) is 4.79 Å². The zero-order valence-corrected chi connectivity index (χ0v) is 16.8. The molecule has 3 nitrogen and oxygen atoms in total. The first-order valence-electron chi connectivity index (χ1n) is 7.73. The molecule has 1 N–H and O–H groups in total. The molecule has 0 saturated heterocycles. The summed E-state index contributed by atoms with van der Waals surface area (Å²) in [6.07, 6.45) is 0. The lowest BCUT2D eigenvalue weighted by Crippen LogP contribution is -2.30. The van der Waals surface area contributed by atoms with Gasteiger partial charge in [-0.2, -0.15) is 11.3 Å². The lowest BCUT2D eigenvalue weighted by molar-refractivity contribution is -0.120. The van der Waals surface area contributed by atoms with Gasteiger partial charge in [-0.15, -0.1) is 23.1 Å². The average molecular weight is 409 g/mol. The van der Waals surface area contributed by atoms with Crippen LogP contribution in [-0.4, -0.2) is 16.1 Å². The van der Waals surface area contributed by atoms with Gasteiger partial charge in [0.2, 0.25) is 5.91 Å². The van der Waals surface area contributed by atoms with Crippen molar-refractivity contribution in [2.24, 2.45) is 0 Å². The van der Waals surface area contributed by atoms with E-state index in [0.29, 0.717) is 11.6 Å². The van der Waals surface area contributed by atoms with Crippen molar-refractivity contribution >= 4 is 51.9 Å². The third-order valence-electron chi connectivity index (χ3n) is 3.58. The molecule has 0 saturated carbocycles. The van der Waals surface area contributed by atoms with Crippen LogP contribution in [0, 0.1) is 0 Å². The van der Waals surface area contributed by atoms with Crippen molar-refractivity contribution in [3.8, 4) is 10.6 Å². The van der Waals surface area contributed by atoms with Crippen molar-refractivity contribution in [1.29, 1.82) is 0 Å². The summed E-state index contributed by atoms with van der Waals surface area (Å²) in [6.45, 7) is 2.36. The minimum absolute atomic E-state index is 0.0122. The number of hydrogen-bond acceptors (Lipinski definition) is 5. The van der Waals surface area contributed by atoms with E-state index < -0.39 is 0 Å². The van der Waals surface area contributed by atoms with E-state index in [4.69, 9.17) is 11.6 Å². The third-order valence-corrected chi connectivity index (χ3v) is 6.75. The van der Waals surface area contributed by atoms with E-state index in [0.717, 1.165) is 27.6 Å². The molecule has 0 radical (unpaired) electrons. The predicted molar refractivity (Wildman–Crippen MR) is 109 cm³/mol. The molecule has 3 aromatic rings. The fourth-order valence-electron chi connectivity index (χ4n) is 2.15. The van der Waals surface area contributed by atoms with Crippen molar-refractivity contribution in [2.75, 3.05) is 0 Å². The Labute approximate surface area is 164 Å². The number of hydrogen-bond donors (Lipinski definition) is 1. The van der Waals surface area contributed by atoms with Gasteiger partial charge in [-0.25, -0.2) is 4.98 Å². The number of carbonyl (C=O) groups is 1. The molecule has 2 aromatic heterocycles. The molecule has 0 unspecified atom stereocenters. The molecule has 1 aromatic carbocycles. The summed E-state index contributed by atoms with van der Waals surface area (Å²) in [7, 11) is 0. The maximum Gasteiger partial charge on any atom is 0.233 e. The molecule has 0 aliphatic heterocycles. The lowest BCUT2D eigenvalue weighted by Gasteiger charge is -2.12. The highest BCUT2D eigenvalue weighted by Gasteiger charge is 2.15. The van der Waals surface area contributed by atoms with Crippen LogP contribution in [0.25, 0.3) is 10.6 Å². The van der Waals surface area contributed by atoms with Crippen molar-refractivity contribution in [3.63, 3.8) is 0 Å². The SMILES string of the molecule is C[C@H](SCc1csc(-c2ccsc2)n1)C(=O)NCc1ccccc1Cl. The second kappa shape index (κ2) is 8.85. The molecule has 130 valence electrons. The molecular formula is C18H17ClN2OS3. The first kappa shape index (κ1) is 18.5. The number of amides is 1. The Morgan fingerprint density at radius 3 is 2.92 bits per heavy atom.